The number of hydrogen-bond acceptors (Lipinski definition) is 4. The molecule has 1 aromatic carbocycles. The number of carbonyl (C=O) groups excluding carboxylic acids is 2. The van der Waals surface area contributed by atoms with Crippen LogP contribution in [0.15, 0.2) is 0 Å². The van der Waals surface area contributed by atoms with Crippen LogP contribution < -0.4 is 11.1 Å². The largest absolute Gasteiger partial charge is 0.478 e. The second-order valence-corrected chi connectivity index (χ2v) is 7.33. The summed E-state index contributed by atoms with van der Waals surface area (Å²) in [6, 6.07) is 0. The predicted octanol–water partition coefficient (Wildman–Crippen LogP) is 0.949. The first-order valence-corrected chi connectivity index (χ1v) is 9.05. The molecule has 2 amide bonds. The number of rotatable bonds is 6. The molecule has 0 aliphatic rings. The van der Waals surface area contributed by atoms with Crippen LogP contribution in [-0.4, -0.2) is 41.1 Å². The minimum absolute atomic E-state index is 0.0352. The quantitative estimate of drug-likeness (QED) is 0.343. The Kier molecular flexibility index (Phi) is 7.73. The number of aliphatic hydroxyl groups is 1. The molecule has 0 saturated heterocycles. The molecule has 0 aromatic heterocycles. The first kappa shape index (κ1) is 19.8. The van der Waals surface area contributed by atoms with E-state index in [0.29, 0.717) is 12.7 Å². The zero-order chi connectivity index (χ0) is 17.0. The van der Waals surface area contributed by atoms with E-state index in [1.807, 2.05) is 45.2 Å². The molecule has 0 atom stereocenters. The van der Waals surface area contributed by atoms with Crippen molar-refractivity contribution in [2.24, 2.45) is 5.73 Å². The van der Waals surface area contributed by atoms with Crippen LogP contribution in [0.4, 0.5) is 0 Å². The van der Waals surface area contributed by atoms with Gasteiger partial charge in [0.1, 0.15) is 0 Å². The van der Waals surface area contributed by atoms with E-state index < -0.39 is 17.8 Å². The monoisotopic (exact) mass is 644 g/mol. The number of carboxylic acid groups (broad SMARTS) is 1. The van der Waals surface area contributed by atoms with Crippen molar-refractivity contribution in [3.63, 3.8) is 0 Å². The maximum atomic E-state index is 12.2. The number of primary amides is 1. The van der Waals surface area contributed by atoms with Crippen molar-refractivity contribution >= 4 is 85.6 Å². The summed E-state index contributed by atoms with van der Waals surface area (Å²) in [4.78, 5) is 34.9. The Bertz CT molecular complexity index is 648. The van der Waals surface area contributed by atoms with E-state index in [9.17, 15) is 19.5 Å². The fourth-order valence-electron chi connectivity index (χ4n) is 1.69. The van der Waals surface area contributed by atoms with Crippen LogP contribution in [0.25, 0.3) is 0 Å². The minimum Gasteiger partial charge on any atom is -0.478 e. The molecule has 120 valence electrons. The lowest BCUT2D eigenvalue weighted by atomic mass is 10.0. The van der Waals surface area contributed by atoms with Gasteiger partial charge in [0.2, 0.25) is 5.91 Å². The highest BCUT2D eigenvalue weighted by Gasteiger charge is 2.27. The van der Waals surface area contributed by atoms with Gasteiger partial charge in [-0.25, -0.2) is 4.79 Å². The molecule has 1 rings (SSSR count). The Labute approximate surface area is 166 Å². The molecule has 0 unspecified atom stereocenters. The summed E-state index contributed by atoms with van der Waals surface area (Å²) in [7, 11) is 0. The van der Waals surface area contributed by atoms with E-state index in [1.54, 1.807) is 22.6 Å². The van der Waals surface area contributed by atoms with Crippen LogP contribution in [0.1, 0.15) is 26.3 Å². The molecule has 0 spiro atoms. The van der Waals surface area contributed by atoms with Crippen molar-refractivity contribution in [2.75, 3.05) is 13.2 Å². The fourth-order valence-corrected chi connectivity index (χ4v) is 6.19. The summed E-state index contributed by atoms with van der Waals surface area (Å²) in [6.07, 6.45) is -0.159. The smallest absolute Gasteiger partial charge is 0.337 e. The van der Waals surface area contributed by atoms with Crippen LogP contribution in [0, 0.1) is 10.7 Å². The molecule has 10 heteroatoms. The number of halogens is 3. The maximum Gasteiger partial charge on any atom is 0.337 e. The van der Waals surface area contributed by atoms with Crippen molar-refractivity contribution in [1.29, 1.82) is 0 Å². The van der Waals surface area contributed by atoms with Gasteiger partial charge in [0.15, 0.2) is 0 Å². The van der Waals surface area contributed by atoms with Gasteiger partial charge in [0.25, 0.3) is 5.91 Å². The topological polar surface area (TPSA) is 130 Å². The first-order chi connectivity index (χ1) is 10.2. The number of amides is 2. The third-order valence-corrected chi connectivity index (χ3v) is 6.06. The molecule has 0 heterocycles. The molecule has 0 bridgehead atoms. The van der Waals surface area contributed by atoms with E-state index in [-0.39, 0.29) is 34.3 Å². The van der Waals surface area contributed by atoms with E-state index in [4.69, 9.17) is 10.8 Å². The van der Waals surface area contributed by atoms with Gasteiger partial charge in [0.05, 0.1) is 24.2 Å². The van der Waals surface area contributed by atoms with E-state index in [0.717, 1.165) is 0 Å². The molecule has 0 aliphatic carbocycles. The molecule has 0 fully saturated rings. The number of aromatic carboxylic acids is 1. The number of aliphatic hydroxyl groups excluding tert-OH is 1. The summed E-state index contributed by atoms with van der Waals surface area (Å²) in [5.74, 6) is -2.31. The Morgan fingerprint density at radius 2 is 1.59 bits per heavy atom. The highest BCUT2D eigenvalue weighted by Crippen LogP contribution is 2.32. The number of benzene rings is 1. The van der Waals surface area contributed by atoms with Crippen molar-refractivity contribution < 1.29 is 24.6 Å². The van der Waals surface area contributed by atoms with Crippen molar-refractivity contribution in [2.45, 2.75) is 6.42 Å². The summed E-state index contributed by atoms with van der Waals surface area (Å²) in [5.41, 5.74) is 5.76. The van der Waals surface area contributed by atoms with Crippen LogP contribution in [0.3, 0.4) is 0 Å². The highest BCUT2D eigenvalue weighted by molar-refractivity contribution is 14.1. The fraction of sp³-hybridized carbons (Fsp3) is 0.250. The lowest BCUT2D eigenvalue weighted by molar-refractivity contribution is -0.117. The lowest BCUT2D eigenvalue weighted by Crippen LogP contribution is -2.30. The SMILES string of the molecule is NC(=O)Cc1c(I)c(C(=O)O)c(I)c(C(=O)NCCO)c1I. The number of hydrogen-bond donors (Lipinski definition) is 4. The maximum absolute atomic E-state index is 12.2. The van der Waals surface area contributed by atoms with Gasteiger partial charge in [-0.2, -0.15) is 0 Å². The Hall–Kier alpha value is -0.220. The first-order valence-electron chi connectivity index (χ1n) is 5.82. The molecule has 1 aromatic rings. The summed E-state index contributed by atoms with van der Waals surface area (Å²) in [5, 5.41) is 20.7. The van der Waals surface area contributed by atoms with Gasteiger partial charge in [-0.15, -0.1) is 0 Å². The molecule has 0 saturated carbocycles. The Morgan fingerprint density at radius 1 is 1.05 bits per heavy atom. The number of carboxylic acids is 1. The van der Waals surface area contributed by atoms with Gasteiger partial charge in [-0.05, 0) is 73.3 Å². The zero-order valence-corrected chi connectivity index (χ0v) is 17.4. The highest BCUT2D eigenvalue weighted by atomic mass is 127. The standard InChI is InChI=1S/C12H11I3N2O5/c13-8-4(3-5(16)19)9(14)7(12(21)22)10(15)6(8)11(20)17-1-2-18/h18H,1-3H2,(H2,16,19)(H,17,20)(H,21,22). The molecular weight excluding hydrogens is 633 g/mol. The predicted molar refractivity (Wildman–Crippen MR) is 104 cm³/mol. The minimum atomic E-state index is -1.19. The van der Waals surface area contributed by atoms with Gasteiger partial charge < -0.3 is 21.3 Å². The lowest BCUT2D eigenvalue weighted by Gasteiger charge is -2.16. The number of nitrogens with two attached hydrogens (primary N) is 1. The van der Waals surface area contributed by atoms with E-state index in [2.05, 4.69) is 5.32 Å². The second kappa shape index (κ2) is 8.58. The average Bonchev–Trinajstić information content (AvgIpc) is 2.40. The van der Waals surface area contributed by atoms with Crippen LogP contribution >= 0.6 is 67.8 Å². The summed E-state index contributed by atoms with van der Waals surface area (Å²) in [6.45, 7) is -0.187. The van der Waals surface area contributed by atoms with Crippen LogP contribution in [0.5, 0.6) is 0 Å². The number of nitrogens with one attached hydrogen (secondary N) is 1. The molecular formula is C12H11I3N2O5. The average molecular weight is 644 g/mol. The molecule has 0 aliphatic heterocycles. The number of carbonyl (C=O) groups is 3. The normalized spacial score (nSPS) is 10.4. The molecule has 22 heavy (non-hydrogen) atoms. The summed E-state index contributed by atoms with van der Waals surface area (Å²) < 4.78 is 1.14. The van der Waals surface area contributed by atoms with Gasteiger partial charge in [-0.1, -0.05) is 0 Å². The Balaban J connectivity index is 3.61. The molecule has 0 radical (unpaired) electrons. The molecule has 5 N–H and O–H groups in total. The van der Waals surface area contributed by atoms with Gasteiger partial charge in [-0.3, -0.25) is 9.59 Å². The van der Waals surface area contributed by atoms with Crippen molar-refractivity contribution in [1.82, 2.24) is 5.32 Å². The van der Waals surface area contributed by atoms with Gasteiger partial charge in [0, 0.05) is 17.3 Å². The van der Waals surface area contributed by atoms with E-state index in [1.165, 1.54) is 0 Å². The van der Waals surface area contributed by atoms with Gasteiger partial charge >= 0.3 is 5.97 Å². The van der Waals surface area contributed by atoms with Crippen LogP contribution in [0.2, 0.25) is 0 Å². The molecule has 7 nitrogen and oxygen atoms in total. The zero-order valence-electron chi connectivity index (χ0n) is 11.0. The third-order valence-electron chi connectivity index (χ3n) is 2.60. The Morgan fingerprint density at radius 3 is 2.05 bits per heavy atom. The van der Waals surface area contributed by atoms with E-state index >= 15 is 0 Å². The second-order valence-electron chi connectivity index (χ2n) is 4.10. The van der Waals surface area contributed by atoms with Crippen LogP contribution in [-0.2, 0) is 11.2 Å². The third kappa shape index (κ3) is 4.41. The summed E-state index contributed by atoms with van der Waals surface area (Å²) >= 11 is 5.53. The van der Waals surface area contributed by atoms with Crippen molar-refractivity contribution in [3.8, 4) is 0 Å². The van der Waals surface area contributed by atoms with Crippen molar-refractivity contribution in [3.05, 3.63) is 27.4 Å².